The number of aromatic nitrogens is 2. The molecule has 4 nitrogen and oxygen atoms in total. The van der Waals surface area contributed by atoms with Crippen LogP contribution in [0.4, 0.5) is 0 Å². The molecule has 1 aliphatic heterocycles. The minimum Gasteiger partial charge on any atom is -0.315 e. The molecule has 0 radical (unpaired) electrons. The van der Waals surface area contributed by atoms with Gasteiger partial charge >= 0.3 is 0 Å². The van der Waals surface area contributed by atoms with E-state index in [0.717, 1.165) is 44.1 Å². The molecule has 2 aromatic heterocycles. The minimum atomic E-state index is 0.594. The first-order chi connectivity index (χ1) is 9.24. The number of nitrogens with zero attached hydrogens (tertiary/aromatic N) is 3. The van der Waals surface area contributed by atoms with E-state index >= 15 is 0 Å². The molecule has 0 unspecified atom stereocenters. The van der Waals surface area contributed by atoms with Crippen LogP contribution in [0.15, 0.2) is 18.5 Å². The number of nitrogens with one attached hydrogen (secondary N) is 1. The van der Waals surface area contributed by atoms with Crippen molar-refractivity contribution in [2.24, 2.45) is 0 Å². The van der Waals surface area contributed by atoms with Gasteiger partial charge < -0.3 is 9.72 Å². The van der Waals surface area contributed by atoms with Crippen LogP contribution in [-0.4, -0.2) is 40.5 Å². The van der Waals surface area contributed by atoms with E-state index in [9.17, 15) is 0 Å². The average molecular weight is 299 g/mol. The quantitative estimate of drug-likeness (QED) is 0.924. The van der Waals surface area contributed by atoms with Crippen molar-refractivity contribution in [1.29, 1.82) is 0 Å². The van der Waals surface area contributed by atoms with Crippen LogP contribution >= 0.6 is 23.2 Å². The van der Waals surface area contributed by atoms with E-state index in [1.807, 2.05) is 16.8 Å². The number of fused-ring (bicyclic) bond motifs is 1. The molecule has 1 fully saturated rings. The summed E-state index contributed by atoms with van der Waals surface area (Å²) in [5, 5.41) is 4.63. The van der Waals surface area contributed by atoms with Crippen LogP contribution in [0, 0.1) is 0 Å². The van der Waals surface area contributed by atoms with Crippen molar-refractivity contribution in [3.05, 3.63) is 34.2 Å². The van der Waals surface area contributed by atoms with Gasteiger partial charge in [0.25, 0.3) is 0 Å². The molecule has 3 heterocycles. The van der Waals surface area contributed by atoms with Crippen LogP contribution in [0.2, 0.25) is 10.0 Å². The minimum absolute atomic E-state index is 0.594. The summed E-state index contributed by atoms with van der Waals surface area (Å²) in [5.41, 5.74) is 1.90. The highest BCUT2D eigenvalue weighted by Crippen LogP contribution is 2.23. The van der Waals surface area contributed by atoms with E-state index in [-0.39, 0.29) is 0 Å². The van der Waals surface area contributed by atoms with E-state index in [1.165, 1.54) is 6.42 Å². The molecule has 19 heavy (non-hydrogen) atoms. The fourth-order valence-electron chi connectivity index (χ4n) is 2.47. The van der Waals surface area contributed by atoms with Crippen molar-refractivity contribution in [3.63, 3.8) is 0 Å². The van der Waals surface area contributed by atoms with E-state index < -0.39 is 0 Å². The molecule has 6 heteroatoms. The van der Waals surface area contributed by atoms with Gasteiger partial charge in [-0.1, -0.05) is 23.2 Å². The number of rotatable bonds is 2. The Hall–Kier alpha value is -0.810. The van der Waals surface area contributed by atoms with Crippen LogP contribution in [-0.2, 0) is 6.54 Å². The molecular weight excluding hydrogens is 283 g/mol. The first-order valence-electron chi connectivity index (χ1n) is 6.48. The molecule has 2 aromatic rings. The molecule has 3 rings (SSSR count). The summed E-state index contributed by atoms with van der Waals surface area (Å²) >= 11 is 12.2. The van der Waals surface area contributed by atoms with Crippen molar-refractivity contribution < 1.29 is 0 Å². The van der Waals surface area contributed by atoms with Crippen molar-refractivity contribution in [2.75, 3.05) is 26.2 Å². The maximum absolute atomic E-state index is 6.15. The highest BCUT2D eigenvalue weighted by molar-refractivity contribution is 6.36. The number of hydrogen-bond acceptors (Lipinski definition) is 3. The predicted octanol–water partition coefficient (Wildman–Crippen LogP) is 2.44. The van der Waals surface area contributed by atoms with Gasteiger partial charge in [0.15, 0.2) is 5.65 Å². The Morgan fingerprint density at radius 1 is 1.26 bits per heavy atom. The largest absolute Gasteiger partial charge is 0.315 e. The first-order valence-corrected chi connectivity index (χ1v) is 7.24. The smallest absolute Gasteiger partial charge is 0.155 e. The molecule has 0 spiro atoms. The Bertz CT molecular complexity index is 573. The zero-order chi connectivity index (χ0) is 13.2. The summed E-state index contributed by atoms with van der Waals surface area (Å²) in [6.45, 7) is 5.18. The molecule has 0 aliphatic carbocycles. The zero-order valence-corrected chi connectivity index (χ0v) is 12.1. The van der Waals surface area contributed by atoms with Crippen LogP contribution in [0.3, 0.4) is 0 Å². The van der Waals surface area contributed by atoms with Gasteiger partial charge in [0.1, 0.15) is 0 Å². The van der Waals surface area contributed by atoms with Gasteiger partial charge in [-0.3, -0.25) is 4.90 Å². The molecule has 0 bridgehead atoms. The number of imidazole rings is 1. The van der Waals surface area contributed by atoms with Crippen molar-refractivity contribution in [3.8, 4) is 0 Å². The lowest BCUT2D eigenvalue weighted by Gasteiger charge is -2.18. The molecule has 1 saturated heterocycles. The first kappa shape index (κ1) is 13.2. The Balaban J connectivity index is 1.88. The maximum atomic E-state index is 6.15. The predicted molar refractivity (Wildman–Crippen MR) is 78.0 cm³/mol. The molecule has 0 saturated carbocycles. The molecule has 102 valence electrons. The van der Waals surface area contributed by atoms with E-state index in [2.05, 4.69) is 15.2 Å². The van der Waals surface area contributed by atoms with Gasteiger partial charge in [0, 0.05) is 25.8 Å². The maximum Gasteiger partial charge on any atom is 0.155 e. The normalized spacial score (nSPS) is 17.8. The lowest BCUT2D eigenvalue weighted by Crippen LogP contribution is -2.28. The van der Waals surface area contributed by atoms with Gasteiger partial charge in [-0.2, -0.15) is 0 Å². The van der Waals surface area contributed by atoms with Crippen molar-refractivity contribution >= 4 is 28.8 Å². The third-order valence-electron chi connectivity index (χ3n) is 3.42. The monoisotopic (exact) mass is 298 g/mol. The second kappa shape index (κ2) is 5.67. The molecule has 0 amide bonds. The summed E-state index contributed by atoms with van der Waals surface area (Å²) in [6.07, 6.45) is 4.94. The average Bonchev–Trinajstić information content (AvgIpc) is 2.60. The summed E-state index contributed by atoms with van der Waals surface area (Å²) < 4.78 is 1.99. The molecular formula is C13H16Cl2N4. The second-order valence-corrected chi connectivity index (χ2v) is 5.67. The van der Waals surface area contributed by atoms with Gasteiger partial charge in [-0.15, -0.1) is 0 Å². The summed E-state index contributed by atoms with van der Waals surface area (Å²) in [6, 6.07) is 1.73. The van der Waals surface area contributed by atoms with Crippen LogP contribution in [0.25, 0.3) is 5.65 Å². The van der Waals surface area contributed by atoms with Crippen LogP contribution < -0.4 is 5.32 Å². The van der Waals surface area contributed by atoms with Gasteiger partial charge in [-0.25, -0.2) is 4.98 Å². The Morgan fingerprint density at radius 2 is 2.16 bits per heavy atom. The van der Waals surface area contributed by atoms with E-state index in [4.69, 9.17) is 23.2 Å². The van der Waals surface area contributed by atoms with E-state index in [0.29, 0.717) is 10.0 Å². The lowest BCUT2D eigenvalue weighted by atomic mass is 10.3. The third-order valence-corrected chi connectivity index (χ3v) is 3.91. The fourth-order valence-corrected chi connectivity index (χ4v) is 2.99. The van der Waals surface area contributed by atoms with Gasteiger partial charge in [0.05, 0.1) is 21.9 Å². The summed E-state index contributed by atoms with van der Waals surface area (Å²) in [7, 11) is 0. The molecule has 1 aliphatic rings. The SMILES string of the molecule is Clc1cc(Cl)c2ncc(CN3CCCNCC3)n2c1. The third kappa shape index (κ3) is 2.87. The Labute approximate surface area is 122 Å². The highest BCUT2D eigenvalue weighted by atomic mass is 35.5. The zero-order valence-electron chi connectivity index (χ0n) is 10.6. The summed E-state index contributed by atoms with van der Waals surface area (Å²) in [5.74, 6) is 0. The van der Waals surface area contributed by atoms with Crippen molar-refractivity contribution in [1.82, 2.24) is 19.6 Å². The standard InChI is InChI=1S/C13H16Cl2N4/c14-10-6-12(15)13-17-7-11(19(13)8-10)9-18-4-1-2-16-3-5-18/h6-8,16H,1-5,9H2. The van der Waals surface area contributed by atoms with Crippen LogP contribution in [0.5, 0.6) is 0 Å². The molecule has 1 N–H and O–H groups in total. The van der Waals surface area contributed by atoms with E-state index in [1.54, 1.807) is 6.07 Å². The highest BCUT2D eigenvalue weighted by Gasteiger charge is 2.13. The number of pyridine rings is 1. The molecule has 0 aromatic carbocycles. The Kier molecular flexibility index (Phi) is 3.93. The van der Waals surface area contributed by atoms with Gasteiger partial charge in [0.2, 0.25) is 0 Å². The topological polar surface area (TPSA) is 32.6 Å². The number of hydrogen-bond donors (Lipinski definition) is 1. The molecule has 0 atom stereocenters. The Morgan fingerprint density at radius 3 is 3.05 bits per heavy atom. The fraction of sp³-hybridized carbons (Fsp3) is 0.462. The van der Waals surface area contributed by atoms with Gasteiger partial charge in [-0.05, 0) is 25.6 Å². The van der Waals surface area contributed by atoms with Crippen LogP contribution in [0.1, 0.15) is 12.1 Å². The number of halogens is 2. The second-order valence-electron chi connectivity index (χ2n) is 4.83. The summed E-state index contributed by atoms with van der Waals surface area (Å²) in [4.78, 5) is 6.81. The lowest BCUT2D eigenvalue weighted by molar-refractivity contribution is 0.280. The van der Waals surface area contributed by atoms with Crippen molar-refractivity contribution in [2.45, 2.75) is 13.0 Å².